The first-order valence-electron chi connectivity index (χ1n) is 7.87. The van der Waals surface area contributed by atoms with E-state index in [4.69, 9.17) is 11.6 Å². The van der Waals surface area contributed by atoms with Crippen molar-refractivity contribution in [3.63, 3.8) is 0 Å². The van der Waals surface area contributed by atoms with Gasteiger partial charge < -0.3 is 5.32 Å². The normalized spacial score (nSPS) is 18.6. The number of hydrogen-bond acceptors (Lipinski definition) is 2. The Balaban J connectivity index is 1.87. The van der Waals surface area contributed by atoms with Gasteiger partial charge in [-0.1, -0.05) is 24.4 Å². The Bertz CT molecular complexity index is 413. The van der Waals surface area contributed by atoms with Gasteiger partial charge in [-0.15, -0.1) is 11.3 Å². The highest BCUT2D eigenvalue weighted by atomic mass is 35.5. The summed E-state index contributed by atoms with van der Waals surface area (Å²) in [7, 11) is 0. The Kier molecular flexibility index (Phi) is 5.56. The highest BCUT2D eigenvalue weighted by molar-refractivity contribution is 7.10. The van der Waals surface area contributed by atoms with Crippen molar-refractivity contribution in [1.29, 1.82) is 0 Å². The fourth-order valence-corrected chi connectivity index (χ4v) is 4.47. The summed E-state index contributed by atoms with van der Waals surface area (Å²) < 4.78 is 0. The molecule has 20 heavy (non-hydrogen) atoms. The van der Waals surface area contributed by atoms with E-state index < -0.39 is 0 Å². The SMILES string of the molecule is CC(C)(C)NCCC1(CCc2sccc2Cl)CCCC1. The predicted octanol–water partition coefficient (Wildman–Crippen LogP) is 5.67. The van der Waals surface area contributed by atoms with Gasteiger partial charge in [0.1, 0.15) is 0 Å². The maximum Gasteiger partial charge on any atom is 0.0544 e. The van der Waals surface area contributed by atoms with Gasteiger partial charge in [-0.05, 0) is 76.3 Å². The second-order valence-corrected chi connectivity index (χ2v) is 8.73. The standard InChI is InChI=1S/C17H28ClNS/c1-16(2,3)19-12-11-17(8-4-5-9-17)10-6-15-14(18)7-13-20-15/h7,13,19H,4-6,8-12H2,1-3H3. The van der Waals surface area contributed by atoms with Crippen molar-refractivity contribution in [2.75, 3.05) is 6.54 Å². The lowest BCUT2D eigenvalue weighted by molar-refractivity contribution is 0.235. The van der Waals surface area contributed by atoms with Gasteiger partial charge in [0.25, 0.3) is 0 Å². The Morgan fingerprint density at radius 3 is 2.50 bits per heavy atom. The molecule has 1 nitrogen and oxygen atoms in total. The molecule has 0 bridgehead atoms. The molecule has 114 valence electrons. The molecule has 1 saturated carbocycles. The summed E-state index contributed by atoms with van der Waals surface area (Å²) in [6.07, 6.45) is 9.41. The number of hydrogen-bond donors (Lipinski definition) is 1. The third kappa shape index (κ3) is 4.75. The minimum atomic E-state index is 0.233. The van der Waals surface area contributed by atoms with Crippen LogP contribution in [-0.2, 0) is 6.42 Å². The van der Waals surface area contributed by atoms with Crippen molar-refractivity contribution >= 4 is 22.9 Å². The fraction of sp³-hybridized carbons (Fsp3) is 0.765. The van der Waals surface area contributed by atoms with Crippen LogP contribution in [0.15, 0.2) is 11.4 Å². The van der Waals surface area contributed by atoms with Crippen molar-refractivity contribution in [2.45, 2.75) is 71.3 Å². The van der Waals surface area contributed by atoms with Crippen molar-refractivity contribution in [2.24, 2.45) is 5.41 Å². The Morgan fingerprint density at radius 2 is 1.95 bits per heavy atom. The number of halogens is 1. The molecule has 0 saturated heterocycles. The Morgan fingerprint density at radius 1 is 1.25 bits per heavy atom. The van der Waals surface area contributed by atoms with Gasteiger partial charge in [0, 0.05) is 10.4 Å². The summed E-state index contributed by atoms with van der Waals surface area (Å²) in [6, 6.07) is 2.03. The quantitative estimate of drug-likeness (QED) is 0.713. The highest BCUT2D eigenvalue weighted by Crippen LogP contribution is 2.45. The minimum Gasteiger partial charge on any atom is -0.312 e. The molecule has 3 heteroatoms. The summed E-state index contributed by atoms with van der Waals surface area (Å²) in [6.45, 7) is 7.89. The van der Waals surface area contributed by atoms with Crippen molar-refractivity contribution in [3.05, 3.63) is 21.3 Å². The zero-order chi connectivity index (χ0) is 14.6. The van der Waals surface area contributed by atoms with Crippen LogP contribution in [0.2, 0.25) is 5.02 Å². The molecule has 1 heterocycles. The first-order chi connectivity index (χ1) is 9.40. The molecule has 0 amide bonds. The van der Waals surface area contributed by atoms with E-state index in [1.165, 1.54) is 43.4 Å². The lowest BCUT2D eigenvalue weighted by Gasteiger charge is -2.31. The largest absolute Gasteiger partial charge is 0.312 e. The number of rotatable bonds is 6. The van der Waals surface area contributed by atoms with E-state index in [0.29, 0.717) is 5.41 Å². The molecule has 1 aromatic heterocycles. The molecule has 2 rings (SSSR count). The van der Waals surface area contributed by atoms with Gasteiger partial charge in [-0.25, -0.2) is 0 Å². The maximum absolute atomic E-state index is 6.23. The lowest BCUT2D eigenvalue weighted by atomic mass is 9.78. The molecule has 1 aliphatic carbocycles. The molecule has 0 aliphatic heterocycles. The average molecular weight is 314 g/mol. The second kappa shape index (κ2) is 6.81. The van der Waals surface area contributed by atoms with Gasteiger partial charge >= 0.3 is 0 Å². The summed E-state index contributed by atoms with van der Waals surface area (Å²) >= 11 is 8.05. The molecule has 1 aromatic rings. The lowest BCUT2D eigenvalue weighted by Crippen LogP contribution is -2.38. The van der Waals surface area contributed by atoms with Gasteiger partial charge in [0.05, 0.1) is 5.02 Å². The number of aryl methyl sites for hydroxylation is 1. The fourth-order valence-electron chi connectivity index (χ4n) is 3.33. The zero-order valence-electron chi connectivity index (χ0n) is 13.1. The van der Waals surface area contributed by atoms with Crippen molar-refractivity contribution in [1.82, 2.24) is 5.32 Å². The molecule has 0 radical (unpaired) electrons. The van der Waals surface area contributed by atoms with Crippen LogP contribution >= 0.6 is 22.9 Å². The van der Waals surface area contributed by atoms with Crippen LogP contribution in [0.5, 0.6) is 0 Å². The van der Waals surface area contributed by atoms with Crippen LogP contribution in [0.1, 0.15) is 64.2 Å². The third-order valence-electron chi connectivity index (χ3n) is 4.55. The topological polar surface area (TPSA) is 12.0 Å². The van der Waals surface area contributed by atoms with Gasteiger partial charge in [0.15, 0.2) is 0 Å². The third-order valence-corrected chi connectivity index (χ3v) is 6.00. The van der Waals surface area contributed by atoms with Crippen LogP contribution in [0.25, 0.3) is 0 Å². The molecule has 0 unspecified atom stereocenters. The predicted molar refractivity (Wildman–Crippen MR) is 90.9 cm³/mol. The summed E-state index contributed by atoms with van der Waals surface area (Å²) in [5.74, 6) is 0. The molecule has 1 N–H and O–H groups in total. The zero-order valence-corrected chi connectivity index (χ0v) is 14.7. The van der Waals surface area contributed by atoms with Crippen LogP contribution < -0.4 is 5.32 Å². The smallest absolute Gasteiger partial charge is 0.0544 e. The number of thiophene rings is 1. The molecule has 0 aromatic carbocycles. The Hall–Kier alpha value is -0.0500. The number of nitrogens with one attached hydrogen (secondary N) is 1. The minimum absolute atomic E-state index is 0.233. The second-order valence-electron chi connectivity index (χ2n) is 7.33. The van der Waals surface area contributed by atoms with E-state index in [9.17, 15) is 0 Å². The van der Waals surface area contributed by atoms with Gasteiger partial charge in [-0.2, -0.15) is 0 Å². The molecular formula is C17H28ClNS. The molecule has 1 aliphatic rings. The molecule has 0 spiro atoms. The van der Waals surface area contributed by atoms with Gasteiger partial charge in [-0.3, -0.25) is 0 Å². The first-order valence-corrected chi connectivity index (χ1v) is 9.13. The summed E-state index contributed by atoms with van der Waals surface area (Å²) in [5, 5.41) is 6.73. The van der Waals surface area contributed by atoms with Crippen molar-refractivity contribution in [3.8, 4) is 0 Å². The van der Waals surface area contributed by atoms with E-state index in [-0.39, 0.29) is 5.54 Å². The van der Waals surface area contributed by atoms with Crippen LogP contribution in [0, 0.1) is 5.41 Å². The summed E-state index contributed by atoms with van der Waals surface area (Å²) in [5.41, 5.74) is 0.794. The van der Waals surface area contributed by atoms with Gasteiger partial charge in [0.2, 0.25) is 0 Å². The maximum atomic E-state index is 6.23. The van der Waals surface area contributed by atoms with E-state index >= 15 is 0 Å². The molecular weight excluding hydrogens is 286 g/mol. The summed E-state index contributed by atoms with van der Waals surface area (Å²) in [4.78, 5) is 1.38. The monoisotopic (exact) mass is 313 g/mol. The highest BCUT2D eigenvalue weighted by Gasteiger charge is 2.33. The molecule has 1 fully saturated rings. The van der Waals surface area contributed by atoms with E-state index in [2.05, 4.69) is 31.5 Å². The van der Waals surface area contributed by atoms with Crippen molar-refractivity contribution < 1.29 is 0 Å². The van der Waals surface area contributed by atoms with Crippen LogP contribution in [-0.4, -0.2) is 12.1 Å². The van der Waals surface area contributed by atoms with E-state index in [1.807, 2.05) is 17.4 Å². The average Bonchev–Trinajstić information content (AvgIpc) is 2.95. The first kappa shape index (κ1) is 16.3. The Labute approximate surface area is 133 Å². The van der Waals surface area contributed by atoms with E-state index in [1.54, 1.807) is 0 Å². The molecule has 0 atom stereocenters. The van der Waals surface area contributed by atoms with E-state index in [0.717, 1.165) is 18.0 Å². The van der Waals surface area contributed by atoms with Crippen LogP contribution in [0.4, 0.5) is 0 Å². The van der Waals surface area contributed by atoms with Crippen LogP contribution in [0.3, 0.4) is 0 Å².